The fourth-order valence-corrected chi connectivity index (χ4v) is 2.28. The van der Waals surface area contributed by atoms with Gasteiger partial charge < -0.3 is 14.8 Å². The maximum Gasteiger partial charge on any atom is 0.137 e. The van der Waals surface area contributed by atoms with Crippen LogP contribution in [-0.4, -0.2) is 32.4 Å². The third-order valence-corrected chi connectivity index (χ3v) is 3.58. The van der Waals surface area contributed by atoms with E-state index in [-0.39, 0.29) is 0 Å². The Hall–Kier alpha value is -0.330. The Labute approximate surface area is 116 Å². The van der Waals surface area contributed by atoms with Gasteiger partial charge in [0.05, 0.1) is 0 Å². The Balaban J connectivity index is 1.55. The molecule has 0 amide bonds. The summed E-state index contributed by atoms with van der Waals surface area (Å²) in [4.78, 5) is 0. The summed E-state index contributed by atoms with van der Waals surface area (Å²) in [7, 11) is 0. The molecule has 1 aliphatic rings. The molecule has 0 radical (unpaired) electrons. The molecule has 1 aromatic carbocycles. The second kappa shape index (κ2) is 7.18. The summed E-state index contributed by atoms with van der Waals surface area (Å²) in [6.07, 6.45) is 2.90. The normalized spacial score (nSPS) is 19.5. The average Bonchev–Trinajstić information content (AvgIpc) is 2.84. The highest BCUT2D eigenvalue weighted by molar-refractivity contribution is 14.1. The van der Waals surface area contributed by atoms with Crippen LogP contribution < -0.4 is 10.1 Å². The third-order valence-electron chi connectivity index (χ3n) is 2.86. The van der Waals surface area contributed by atoms with E-state index >= 15 is 0 Å². The average molecular weight is 348 g/mol. The molecule has 0 aromatic heterocycles. The van der Waals surface area contributed by atoms with Gasteiger partial charge in [0.25, 0.3) is 0 Å². The fraction of sp³-hybridized carbons (Fsp3) is 0.538. The van der Waals surface area contributed by atoms with Gasteiger partial charge >= 0.3 is 0 Å². The zero-order valence-electron chi connectivity index (χ0n) is 9.90. The van der Waals surface area contributed by atoms with Crippen LogP contribution in [0.4, 0.5) is 0 Å². The first-order valence-corrected chi connectivity index (χ1v) is 7.24. The summed E-state index contributed by atoms with van der Waals surface area (Å²) in [5.74, 6) is 0.955. The topological polar surface area (TPSA) is 35.1 Å². The summed E-state index contributed by atoms with van der Waals surface area (Å²) >= 11 is 2.29. The molecule has 0 spiro atoms. The lowest BCUT2D eigenvalue weighted by Gasteiger charge is -2.09. The molecular weight excluding hydrogens is 329 g/mol. The molecule has 17 heavy (non-hydrogen) atoms. The van der Waals surface area contributed by atoms with E-state index in [0.29, 0.717) is 6.10 Å². The number of quaternary nitrogens is 1. The van der Waals surface area contributed by atoms with Crippen LogP contribution in [0.1, 0.15) is 12.8 Å². The molecule has 1 aromatic rings. The zero-order valence-corrected chi connectivity index (χ0v) is 12.1. The molecule has 0 bridgehead atoms. The lowest BCUT2D eigenvalue weighted by molar-refractivity contribution is -0.661. The van der Waals surface area contributed by atoms with Crippen molar-refractivity contribution in [1.29, 1.82) is 0 Å². The van der Waals surface area contributed by atoms with Gasteiger partial charge in [-0.1, -0.05) is 0 Å². The minimum atomic E-state index is 0.466. The lowest BCUT2D eigenvalue weighted by Crippen LogP contribution is -2.87. The predicted molar refractivity (Wildman–Crippen MR) is 75.3 cm³/mol. The number of halogens is 1. The van der Waals surface area contributed by atoms with Gasteiger partial charge in [-0.2, -0.15) is 0 Å². The minimum Gasteiger partial charge on any atom is -0.488 e. The first-order chi connectivity index (χ1) is 8.34. The highest BCUT2D eigenvalue weighted by Crippen LogP contribution is 2.13. The quantitative estimate of drug-likeness (QED) is 0.623. The Morgan fingerprint density at radius 1 is 1.35 bits per heavy atom. The van der Waals surface area contributed by atoms with Crippen LogP contribution in [0.25, 0.3) is 0 Å². The van der Waals surface area contributed by atoms with Crippen molar-refractivity contribution in [1.82, 2.24) is 0 Å². The molecule has 3 nitrogen and oxygen atoms in total. The molecule has 1 aliphatic heterocycles. The summed E-state index contributed by atoms with van der Waals surface area (Å²) in [5, 5.41) is 2.28. The van der Waals surface area contributed by atoms with Crippen LogP contribution in [0.2, 0.25) is 0 Å². The summed E-state index contributed by atoms with van der Waals surface area (Å²) in [6, 6.07) is 8.15. The highest BCUT2D eigenvalue weighted by Gasteiger charge is 2.16. The van der Waals surface area contributed by atoms with Crippen LogP contribution in [0.15, 0.2) is 24.3 Å². The molecule has 0 aliphatic carbocycles. The van der Waals surface area contributed by atoms with Crippen molar-refractivity contribution in [2.24, 2.45) is 0 Å². The Kier molecular flexibility index (Phi) is 5.54. The first kappa shape index (κ1) is 13.1. The molecule has 1 saturated heterocycles. The van der Waals surface area contributed by atoms with Gasteiger partial charge in [-0.15, -0.1) is 0 Å². The number of nitrogens with two attached hydrogens (primary N) is 1. The van der Waals surface area contributed by atoms with Crippen molar-refractivity contribution >= 4 is 22.6 Å². The minimum absolute atomic E-state index is 0.466. The van der Waals surface area contributed by atoms with E-state index in [0.717, 1.165) is 32.1 Å². The van der Waals surface area contributed by atoms with Gasteiger partial charge in [0.1, 0.15) is 31.5 Å². The van der Waals surface area contributed by atoms with Gasteiger partial charge in [-0.05, 0) is 59.7 Å². The molecule has 4 heteroatoms. The largest absolute Gasteiger partial charge is 0.488 e. The van der Waals surface area contributed by atoms with Crippen molar-refractivity contribution in [3.63, 3.8) is 0 Å². The van der Waals surface area contributed by atoms with Crippen LogP contribution in [-0.2, 0) is 4.74 Å². The number of ether oxygens (including phenoxy) is 2. The third kappa shape index (κ3) is 4.81. The first-order valence-electron chi connectivity index (χ1n) is 6.16. The van der Waals surface area contributed by atoms with Gasteiger partial charge in [0, 0.05) is 10.2 Å². The summed E-state index contributed by atoms with van der Waals surface area (Å²) in [5.41, 5.74) is 0. The molecule has 1 atom stereocenters. The van der Waals surface area contributed by atoms with E-state index in [2.05, 4.69) is 40.0 Å². The van der Waals surface area contributed by atoms with E-state index in [4.69, 9.17) is 9.47 Å². The van der Waals surface area contributed by atoms with Crippen molar-refractivity contribution in [2.75, 3.05) is 26.3 Å². The lowest BCUT2D eigenvalue weighted by atomic mass is 10.2. The van der Waals surface area contributed by atoms with Crippen molar-refractivity contribution in [3.05, 3.63) is 27.8 Å². The number of benzene rings is 1. The fourth-order valence-electron chi connectivity index (χ4n) is 1.92. The SMILES string of the molecule is Ic1ccc(OCC[NH2+]C[C@@H]2CCCO2)cc1. The maximum atomic E-state index is 5.65. The van der Waals surface area contributed by atoms with Crippen LogP contribution in [0, 0.1) is 3.57 Å². The zero-order chi connectivity index (χ0) is 11.9. The van der Waals surface area contributed by atoms with Crippen LogP contribution >= 0.6 is 22.6 Å². The van der Waals surface area contributed by atoms with Gasteiger partial charge in [-0.25, -0.2) is 0 Å². The molecule has 2 rings (SSSR count). The number of hydrogen-bond acceptors (Lipinski definition) is 2. The summed E-state index contributed by atoms with van der Waals surface area (Å²) < 4.78 is 12.4. The Morgan fingerprint density at radius 2 is 2.18 bits per heavy atom. The highest BCUT2D eigenvalue weighted by atomic mass is 127. The van der Waals surface area contributed by atoms with E-state index in [1.807, 2.05) is 12.1 Å². The van der Waals surface area contributed by atoms with E-state index in [9.17, 15) is 0 Å². The number of rotatable bonds is 6. The monoisotopic (exact) mass is 348 g/mol. The molecule has 94 valence electrons. The molecule has 2 N–H and O–H groups in total. The second-order valence-corrected chi connectivity index (χ2v) is 5.50. The second-order valence-electron chi connectivity index (χ2n) is 4.25. The van der Waals surface area contributed by atoms with Crippen molar-refractivity contribution in [2.45, 2.75) is 18.9 Å². The molecular formula is C13H19INO2+. The Morgan fingerprint density at radius 3 is 2.88 bits per heavy atom. The molecule has 1 heterocycles. The smallest absolute Gasteiger partial charge is 0.137 e. The Bertz CT molecular complexity index is 323. The maximum absolute atomic E-state index is 5.65. The van der Waals surface area contributed by atoms with Crippen molar-refractivity contribution < 1.29 is 14.8 Å². The van der Waals surface area contributed by atoms with Gasteiger partial charge in [0.15, 0.2) is 0 Å². The summed E-state index contributed by atoms with van der Waals surface area (Å²) in [6.45, 7) is 3.76. The number of hydrogen-bond donors (Lipinski definition) is 1. The van der Waals surface area contributed by atoms with Gasteiger partial charge in [0.2, 0.25) is 0 Å². The predicted octanol–water partition coefficient (Wildman–Crippen LogP) is 1.41. The standard InChI is InChI=1S/C13H18INO2/c14-11-3-5-12(6-4-11)17-9-7-15-10-13-2-1-8-16-13/h3-6,13,15H,1-2,7-10H2/p+1/t13-/m0/s1. The van der Waals surface area contributed by atoms with E-state index in [1.165, 1.54) is 16.4 Å². The molecule has 0 saturated carbocycles. The van der Waals surface area contributed by atoms with E-state index in [1.54, 1.807) is 0 Å². The van der Waals surface area contributed by atoms with Crippen molar-refractivity contribution in [3.8, 4) is 5.75 Å². The van der Waals surface area contributed by atoms with Crippen LogP contribution in [0.3, 0.4) is 0 Å². The van der Waals surface area contributed by atoms with Crippen LogP contribution in [0.5, 0.6) is 5.75 Å². The van der Waals surface area contributed by atoms with E-state index < -0.39 is 0 Å². The molecule has 1 fully saturated rings. The molecule has 0 unspecified atom stereocenters. The van der Waals surface area contributed by atoms with Gasteiger partial charge in [-0.3, -0.25) is 0 Å².